The first-order valence-corrected chi connectivity index (χ1v) is 6.33. The minimum Gasteiger partial charge on any atom is -0.324 e. The number of nitrogens with two attached hydrogens (primary N) is 1. The van der Waals surface area contributed by atoms with Gasteiger partial charge in [-0.05, 0) is 41.8 Å². The highest BCUT2D eigenvalue weighted by atomic mass is 14.7. The molecule has 0 fully saturated rings. The maximum absolute atomic E-state index is 6.27. The average Bonchev–Trinajstić information content (AvgIpc) is 2.48. The Labute approximate surface area is 112 Å². The van der Waals surface area contributed by atoms with Gasteiger partial charge in [-0.2, -0.15) is 0 Å². The van der Waals surface area contributed by atoms with Crippen LogP contribution >= 0.6 is 0 Å². The van der Waals surface area contributed by atoms with Gasteiger partial charge in [0.25, 0.3) is 0 Å². The summed E-state index contributed by atoms with van der Waals surface area (Å²) in [6, 6.07) is 14.1. The second-order valence-corrected chi connectivity index (χ2v) is 4.58. The van der Waals surface area contributed by atoms with E-state index in [0.717, 1.165) is 17.5 Å². The van der Waals surface area contributed by atoms with Crippen LogP contribution in [0.5, 0.6) is 0 Å². The molecule has 2 N–H and O–H groups in total. The Morgan fingerprint density at radius 2 is 1.74 bits per heavy atom. The van der Waals surface area contributed by atoms with Gasteiger partial charge in [-0.3, -0.25) is 9.97 Å². The summed E-state index contributed by atoms with van der Waals surface area (Å²) < 4.78 is 0. The molecule has 3 heteroatoms. The van der Waals surface area contributed by atoms with E-state index >= 15 is 0 Å². The Morgan fingerprint density at radius 1 is 0.947 bits per heavy atom. The maximum Gasteiger partial charge on any atom is 0.0704 e. The molecule has 2 heterocycles. The summed E-state index contributed by atoms with van der Waals surface area (Å²) in [4.78, 5) is 8.39. The molecule has 19 heavy (non-hydrogen) atoms. The zero-order chi connectivity index (χ0) is 13.1. The molecule has 0 spiro atoms. The molecule has 0 aliphatic carbocycles. The third kappa shape index (κ3) is 2.46. The second-order valence-electron chi connectivity index (χ2n) is 4.58. The molecule has 1 atom stereocenters. The Kier molecular flexibility index (Phi) is 3.21. The van der Waals surface area contributed by atoms with E-state index in [-0.39, 0.29) is 6.04 Å². The van der Waals surface area contributed by atoms with Gasteiger partial charge in [0.15, 0.2) is 0 Å². The molecule has 0 aliphatic heterocycles. The third-order valence-corrected chi connectivity index (χ3v) is 3.31. The highest BCUT2D eigenvalue weighted by Crippen LogP contribution is 2.21. The van der Waals surface area contributed by atoms with Gasteiger partial charge in [0, 0.05) is 30.0 Å². The van der Waals surface area contributed by atoms with Gasteiger partial charge in [0.2, 0.25) is 0 Å². The lowest BCUT2D eigenvalue weighted by atomic mass is 9.98. The van der Waals surface area contributed by atoms with Crippen LogP contribution in [-0.2, 0) is 6.42 Å². The van der Waals surface area contributed by atoms with E-state index in [0.29, 0.717) is 0 Å². The van der Waals surface area contributed by atoms with Crippen molar-refractivity contribution in [3.63, 3.8) is 0 Å². The number of benzene rings is 1. The van der Waals surface area contributed by atoms with Gasteiger partial charge < -0.3 is 5.73 Å². The van der Waals surface area contributed by atoms with Crippen LogP contribution < -0.4 is 5.73 Å². The normalized spacial score (nSPS) is 12.5. The molecule has 0 bridgehead atoms. The maximum atomic E-state index is 6.27. The number of aromatic nitrogens is 2. The highest BCUT2D eigenvalue weighted by molar-refractivity contribution is 5.81. The number of nitrogens with zero attached hydrogens (tertiary/aromatic N) is 2. The fourth-order valence-corrected chi connectivity index (χ4v) is 2.30. The monoisotopic (exact) mass is 249 g/mol. The summed E-state index contributed by atoms with van der Waals surface area (Å²) in [5.74, 6) is 0. The fraction of sp³-hybridized carbons (Fsp3) is 0.125. The van der Waals surface area contributed by atoms with E-state index in [2.05, 4.69) is 16.0 Å². The van der Waals surface area contributed by atoms with E-state index in [1.54, 1.807) is 12.4 Å². The Morgan fingerprint density at radius 3 is 2.58 bits per heavy atom. The summed E-state index contributed by atoms with van der Waals surface area (Å²) in [6.07, 6.45) is 6.20. The summed E-state index contributed by atoms with van der Waals surface area (Å²) in [6.45, 7) is 0. The first kappa shape index (κ1) is 11.8. The van der Waals surface area contributed by atoms with Crippen LogP contribution in [-0.4, -0.2) is 9.97 Å². The topological polar surface area (TPSA) is 51.8 Å². The van der Waals surface area contributed by atoms with Crippen molar-refractivity contribution in [2.24, 2.45) is 5.73 Å². The van der Waals surface area contributed by atoms with Gasteiger partial charge in [-0.1, -0.05) is 18.2 Å². The number of hydrogen-bond donors (Lipinski definition) is 1. The number of fused-ring (bicyclic) bond motifs is 1. The van der Waals surface area contributed by atoms with Crippen molar-refractivity contribution in [3.8, 4) is 0 Å². The van der Waals surface area contributed by atoms with Gasteiger partial charge >= 0.3 is 0 Å². The van der Waals surface area contributed by atoms with Crippen LogP contribution in [0, 0.1) is 0 Å². The Bertz CT molecular complexity index is 674. The highest BCUT2D eigenvalue weighted by Gasteiger charge is 2.09. The van der Waals surface area contributed by atoms with Crippen LogP contribution in [0.3, 0.4) is 0 Å². The second kappa shape index (κ2) is 5.16. The quantitative estimate of drug-likeness (QED) is 0.776. The first-order chi connectivity index (χ1) is 9.34. The van der Waals surface area contributed by atoms with Crippen LogP contribution in [0.2, 0.25) is 0 Å². The summed E-state index contributed by atoms with van der Waals surface area (Å²) >= 11 is 0. The molecular formula is C16H15N3. The lowest BCUT2D eigenvalue weighted by Gasteiger charge is -2.13. The van der Waals surface area contributed by atoms with Crippen molar-refractivity contribution in [2.45, 2.75) is 12.5 Å². The number of para-hydroxylation sites is 1. The summed E-state index contributed by atoms with van der Waals surface area (Å²) in [5, 5.41) is 1.18. The van der Waals surface area contributed by atoms with Crippen molar-refractivity contribution in [1.82, 2.24) is 9.97 Å². The van der Waals surface area contributed by atoms with Crippen molar-refractivity contribution in [2.75, 3.05) is 0 Å². The van der Waals surface area contributed by atoms with Crippen LogP contribution in [0.25, 0.3) is 10.9 Å². The lowest BCUT2D eigenvalue weighted by molar-refractivity contribution is 0.723. The lowest BCUT2D eigenvalue weighted by Crippen LogP contribution is -2.13. The van der Waals surface area contributed by atoms with Crippen molar-refractivity contribution in [3.05, 3.63) is 72.2 Å². The predicted octanol–water partition coefficient (Wildman–Crippen LogP) is 2.87. The molecule has 94 valence electrons. The van der Waals surface area contributed by atoms with Crippen molar-refractivity contribution in [1.29, 1.82) is 0 Å². The van der Waals surface area contributed by atoms with E-state index in [9.17, 15) is 0 Å². The largest absolute Gasteiger partial charge is 0.324 e. The van der Waals surface area contributed by atoms with Crippen LogP contribution in [0.4, 0.5) is 0 Å². The number of pyridine rings is 2. The van der Waals surface area contributed by atoms with E-state index in [1.165, 1.54) is 10.9 Å². The molecule has 0 saturated carbocycles. The predicted molar refractivity (Wildman–Crippen MR) is 76.6 cm³/mol. The van der Waals surface area contributed by atoms with E-state index < -0.39 is 0 Å². The summed E-state index contributed by atoms with van der Waals surface area (Å²) in [7, 11) is 0. The molecule has 1 aromatic carbocycles. The minimum atomic E-state index is -0.0196. The SMILES string of the molecule is NC(Cc1ccnc2ccccc12)c1ccncc1. The zero-order valence-electron chi connectivity index (χ0n) is 10.5. The molecule has 3 aromatic rings. The molecule has 0 radical (unpaired) electrons. The Balaban J connectivity index is 1.94. The van der Waals surface area contributed by atoms with Crippen LogP contribution in [0.1, 0.15) is 17.2 Å². The van der Waals surface area contributed by atoms with E-state index in [4.69, 9.17) is 5.73 Å². The van der Waals surface area contributed by atoms with Gasteiger partial charge in [-0.15, -0.1) is 0 Å². The third-order valence-electron chi connectivity index (χ3n) is 3.31. The number of rotatable bonds is 3. The first-order valence-electron chi connectivity index (χ1n) is 6.33. The number of hydrogen-bond acceptors (Lipinski definition) is 3. The molecule has 3 nitrogen and oxygen atoms in total. The molecule has 1 unspecified atom stereocenters. The van der Waals surface area contributed by atoms with Crippen molar-refractivity contribution < 1.29 is 0 Å². The molecule has 0 aliphatic rings. The smallest absolute Gasteiger partial charge is 0.0704 e. The molecule has 3 rings (SSSR count). The fourth-order valence-electron chi connectivity index (χ4n) is 2.30. The van der Waals surface area contributed by atoms with Gasteiger partial charge in [0.1, 0.15) is 0 Å². The van der Waals surface area contributed by atoms with E-state index in [1.807, 2.05) is 42.6 Å². The molecule has 0 amide bonds. The Hall–Kier alpha value is -2.26. The summed E-state index contributed by atoms with van der Waals surface area (Å²) in [5.41, 5.74) is 9.62. The average molecular weight is 249 g/mol. The molecule has 0 saturated heterocycles. The zero-order valence-corrected chi connectivity index (χ0v) is 10.5. The van der Waals surface area contributed by atoms with Crippen molar-refractivity contribution >= 4 is 10.9 Å². The van der Waals surface area contributed by atoms with Gasteiger partial charge in [-0.25, -0.2) is 0 Å². The molecular weight excluding hydrogens is 234 g/mol. The van der Waals surface area contributed by atoms with Crippen LogP contribution in [0.15, 0.2) is 61.1 Å². The standard InChI is InChI=1S/C16H15N3/c17-15(12-5-8-18-9-6-12)11-13-7-10-19-16-4-2-1-3-14(13)16/h1-10,15H,11,17H2. The minimum absolute atomic E-state index is 0.0196. The van der Waals surface area contributed by atoms with Gasteiger partial charge in [0.05, 0.1) is 5.52 Å². The molecule has 2 aromatic heterocycles.